The van der Waals surface area contributed by atoms with Crippen LogP contribution in [0.25, 0.3) is 0 Å². The van der Waals surface area contributed by atoms with Gasteiger partial charge in [0.05, 0.1) is 4.92 Å². The fourth-order valence-corrected chi connectivity index (χ4v) is 8.65. The Morgan fingerprint density at radius 3 is 1.53 bits per heavy atom. The molecule has 20 heteroatoms. The average Bonchev–Trinajstić information content (AvgIpc) is 3.26. The maximum absolute atomic E-state index is 12.5. The summed E-state index contributed by atoms with van der Waals surface area (Å²) in [5, 5.41) is 22.5. The molecule has 0 atom stereocenters. The maximum atomic E-state index is 12.5. The van der Waals surface area contributed by atoms with Crippen LogP contribution in [-0.2, 0) is 23.6 Å². The van der Waals surface area contributed by atoms with E-state index in [-0.39, 0.29) is 40.9 Å². The summed E-state index contributed by atoms with van der Waals surface area (Å²) in [6.45, 7) is 11.3. The van der Waals surface area contributed by atoms with Crippen LogP contribution in [0.5, 0.6) is 5.75 Å². The van der Waals surface area contributed by atoms with Gasteiger partial charge in [-0.1, -0.05) is 12.8 Å². The molecule has 20 nitrogen and oxygen atoms in total. The minimum absolute atomic E-state index is 0.0362. The molecule has 6 aliphatic rings. The molecule has 3 aromatic rings. The highest BCUT2D eigenvalue weighted by Crippen LogP contribution is 2.27. The molecule has 0 spiro atoms. The summed E-state index contributed by atoms with van der Waals surface area (Å²) in [6, 6.07) is 13.3. The molecule has 0 unspecified atom stereocenters. The molecule has 348 valence electrons. The van der Waals surface area contributed by atoms with Crippen LogP contribution in [0, 0.1) is 10.1 Å². The Morgan fingerprint density at radius 2 is 1.09 bits per heavy atom. The van der Waals surface area contributed by atoms with Gasteiger partial charge >= 0.3 is 12.2 Å². The number of nitro benzene ring substituents is 1. The van der Waals surface area contributed by atoms with Gasteiger partial charge in [0.2, 0.25) is 0 Å². The largest absolute Gasteiger partial charge is 0.514 e. The first-order valence-electron chi connectivity index (χ1n) is 22.8. The number of nitrogens with zero attached hydrogens (tertiary/aromatic N) is 10. The van der Waals surface area contributed by atoms with Crippen LogP contribution < -0.4 is 31.0 Å². The predicted molar refractivity (Wildman–Crippen MR) is 239 cm³/mol. The highest BCUT2D eigenvalue weighted by Gasteiger charge is 2.32. The second-order valence-corrected chi connectivity index (χ2v) is 17.3. The molecule has 2 aliphatic carbocycles. The van der Waals surface area contributed by atoms with E-state index in [4.69, 9.17) is 14.2 Å². The number of piperazine rings is 2. The van der Waals surface area contributed by atoms with Gasteiger partial charge in [-0.3, -0.25) is 29.5 Å². The topological polar surface area (TPSA) is 203 Å². The average molecular weight is 890 g/mol. The fraction of sp³-hybridized carbons (Fsp3) is 0.636. The Kier molecular flexibility index (Phi) is 16.2. The molecule has 4 aliphatic heterocycles. The summed E-state index contributed by atoms with van der Waals surface area (Å²) >= 11 is 0. The number of carbonyl (C=O) groups is 2. The molecule has 9 rings (SSSR count). The fourth-order valence-electron chi connectivity index (χ4n) is 8.65. The van der Waals surface area contributed by atoms with E-state index in [2.05, 4.69) is 30.2 Å². The van der Waals surface area contributed by atoms with Crippen molar-refractivity contribution in [2.45, 2.75) is 88.5 Å². The number of benzene rings is 1. The molecular weight excluding hydrogens is 827 g/mol. The third-order valence-electron chi connectivity index (χ3n) is 13.1. The van der Waals surface area contributed by atoms with Crippen molar-refractivity contribution in [1.82, 2.24) is 39.6 Å². The minimum Gasteiger partial charge on any atom is -0.446 e. The zero-order valence-corrected chi connectivity index (χ0v) is 37.1. The highest BCUT2D eigenvalue weighted by atomic mass is 16.7. The maximum Gasteiger partial charge on any atom is 0.514 e. The lowest BCUT2D eigenvalue weighted by molar-refractivity contribution is -0.384. The summed E-state index contributed by atoms with van der Waals surface area (Å²) in [4.78, 5) is 68.5. The second-order valence-electron chi connectivity index (χ2n) is 17.3. The Hall–Kier alpha value is -5.60. The van der Waals surface area contributed by atoms with Crippen molar-refractivity contribution in [1.29, 1.82) is 0 Å². The van der Waals surface area contributed by atoms with Crippen LogP contribution in [0.4, 0.5) is 26.9 Å². The number of aromatic nitrogens is 4. The van der Waals surface area contributed by atoms with Crippen LogP contribution >= 0.6 is 0 Å². The van der Waals surface area contributed by atoms with Crippen molar-refractivity contribution < 1.29 is 28.7 Å². The lowest BCUT2D eigenvalue weighted by Crippen LogP contribution is -2.54. The SMILES string of the molecule is C1CC(N2CCNCC2)C1.Cn1nc(N2CCC(OC(=O)N3CCN(C4CCC4)CC3)CC2)ccc1=O.Cn1nc(N2CCC(OC(=O)Oc3ccc([N+](=O)[O-])cc3)CC2)ccc1=O. The quantitative estimate of drug-likeness (QED) is 0.149. The third kappa shape index (κ3) is 12.8. The summed E-state index contributed by atoms with van der Waals surface area (Å²) in [7, 11) is 3.25. The molecule has 2 saturated carbocycles. The molecular formula is C44H63N11O9. The molecule has 6 fully saturated rings. The summed E-state index contributed by atoms with van der Waals surface area (Å²) in [5.41, 5.74) is -0.374. The van der Waals surface area contributed by atoms with Crippen molar-refractivity contribution in [3.8, 4) is 5.75 Å². The molecule has 2 aromatic heterocycles. The number of anilines is 2. The third-order valence-corrected chi connectivity index (χ3v) is 13.1. The predicted octanol–water partition coefficient (Wildman–Crippen LogP) is 3.37. The van der Waals surface area contributed by atoms with E-state index < -0.39 is 11.1 Å². The van der Waals surface area contributed by atoms with Crippen molar-refractivity contribution in [3.05, 3.63) is 79.4 Å². The van der Waals surface area contributed by atoms with Gasteiger partial charge in [-0.05, 0) is 49.9 Å². The van der Waals surface area contributed by atoms with Gasteiger partial charge in [0.15, 0.2) is 0 Å². The number of piperidine rings is 2. The Balaban J connectivity index is 0.000000157. The molecule has 1 amide bonds. The van der Waals surface area contributed by atoms with Crippen molar-refractivity contribution in [2.24, 2.45) is 14.1 Å². The second kappa shape index (κ2) is 22.3. The van der Waals surface area contributed by atoms with Gasteiger partial charge in [0.25, 0.3) is 16.8 Å². The molecule has 4 saturated heterocycles. The molecule has 6 heterocycles. The zero-order valence-electron chi connectivity index (χ0n) is 37.1. The number of non-ortho nitro benzene ring substituents is 1. The molecule has 64 heavy (non-hydrogen) atoms. The van der Waals surface area contributed by atoms with Crippen molar-refractivity contribution >= 4 is 29.6 Å². The zero-order chi connectivity index (χ0) is 45.0. The van der Waals surface area contributed by atoms with E-state index >= 15 is 0 Å². The minimum atomic E-state index is -0.845. The van der Waals surface area contributed by atoms with E-state index in [1.807, 2.05) is 9.80 Å². The number of amides is 1. The number of ether oxygens (including phenoxy) is 3. The molecule has 1 aromatic carbocycles. The normalized spacial score (nSPS) is 20.4. The number of hydrogen-bond acceptors (Lipinski definition) is 16. The van der Waals surface area contributed by atoms with Crippen molar-refractivity contribution in [2.75, 3.05) is 88.3 Å². The van der Waals surface area contributed by atoms with Gasteiger partial charge in [0.1, 0.15) is 29.6 Å². The van der Waals surface area contributed by atoms with Gasteiger partial charge in [0, 0.05) is 155 Å². The van der Waals surface area contributed by atoms with Crippen LogP contribution in [0.1, 0.15) is 64.2 Å². The first-order chi connectivity index (χ1) is 31.0. The number of nitrogens with one attached hydrogen (secondary N) is 1. The van der Waals surface area contributed by atoms with Gasteiger partial charge in [-0.25, -0.2) is 19.0 Å². The first-order valence-corrected chi connectivity index (χ1v) is 22.8. The van der Waals surface area contributed by atoms with Gasteiger partial charge < -0.3 is 34.2 Å². The number of aryl methyl sites for hydroxylation is 2. The van der Waals surface area contributed by atoms with E-state index in [0.29, 0.717) is 31.7 Å². The smallest absolute Gasteiger partial charge is 0.446 e. The van der Waals surface area contributed by atoms with Crippen LogP contribution in [0.15, 0.2) is 58.1 Å². The van der Waals surface area contributed by atoms with E-state index in [1.165, 1.54) is 110 Å². The summed E-state index contributed by atoms with van der Waals surface area (Å²) in [6.07, 6.45) is 9.79. The summed E-state index contributed by atoms with van der Waals surface area (Å²) in [5.74, 6) is 1.68. The number of nitro groups is 1. The van der Waals surface area contributed by atoms with Gasteiger partial charge in [-0.2, -0.15) is 10.2 Å². The Morgan fingerprint density at radius 1 is 0.625 bits per heavy atom. The van der Waals surface area contributed by atoms with E-state index in [9.17, 15) is 29.3 Å². The standard InChI is InChI=1S/C19H29N5O3.C17H18N4O6.C8H16N2/c1-21-18(25)6-5-17(20-21)23-9-7-16(8-10-23)27-19(26)24-13-11-22(12-14-24)15-3-2-4-15;1-19-16(22)7-6-15(18-19)20-10-8-14(9-11-20)27-17(23)26-13-4-2-12(3-5-13)21(24)25;1-2-8(3-1)10-6-4-9-5-7-10/h5-6,15-16H,2-4,7-14H2,1H3;2-7,14H,8-11H2,1H3;8-9H,1-7H2. The Bertz CT molecular complexity index is 2120. The lowest BCUT2D eigenvalue weighted by Gasteiger charge is -2.43. The monoisotopic (exact) mass is 889 g/mol. The number of hydrogen-bond donors (Lipinski definition) is 1. The van der Waals surface area contributed by atoms with E-state index in [1.54, 1.807) is 26.2 Å². The number of carbonyl (C=O) groups excluding carboxylic acids is 2. The van der Waals surface area contributed by atoms with E-state index in [0.717, 1.165) is 70.0 Å². The van der Waals surface area contributed by atoms with Crippen LogP contribution in [0.3, 0.4) is 0 Å². The van der Waals surface area contributed by atoms with Gasteiger partial charge in [-0.15, -0.1) is 0 Å². The Labute approximate surface area is 373 Å². The number of rotatable bonds is 8. The van der Waals surface area contributed by atoms with Crippen molar-refractivity contribution in [3.63, 3.8) is 0 Å². The van der Waals surface area contributed by atoms with Crippen LogP contribution in [0.2, 0.25) is 0 Å². The molecule has 1 N–H and O–H groups in total. The molecule has 0 bridgehead atoms. The highest BCUT2D eigenvalue weighted by molar-refractivity contribution is 5.68. The lowest BCUT2D eigenvalue weighted by atomic mass is 9.91. The van der Waals surface area contributed by atoms with Crippen LogP contribution in [-0.4, -0.2) is 154 Å². The first kappa shape index (κ1) is 46.4. The molecule has 0 radical (unpaired) electrons. The summed E-state index contributed by atoms with van der Waals surface area (Å²) < 4.78 is 18.7.